The number of hydrogen-bond donors (Lipinski definition) is 2. The summed E-state index contributed by atoms with van der Waals surface area (Å²) in [6.07, 6.45) is 0. The van der Waals surface area contributed by atoms with Crippen molar-refractivity contribution in [1.82, 2.24) is 19.9 Å². The highest BCUT2D eigenvalue weighted by atomic mass is 16.5. The first-order valence-corrected chi connectivity index (χ1v) is 8.28. The average molecular weight is 416 g/mol. The molecule has 1 aromatic carbocycles. The Labute approximate surface area is 169 Å². The lowest BCUT2D eigenvalue weighted by Gasteiger charge is -2.13. The first-order valence-electron chi connectivity index (χ1n) is 8.28. The highest BCUT2D eigenvalue weighted by molar-refractivity contribution is 5.94. The van der Waals surface area contributed by atoms with E-state index in [0.717, 1.165) is 6.07 Å². The van der Waals surface area contributed by atoms with Gasteiger partial charge in [-0.15, -0.1) is 0 Å². The van der Waals surface area contributed by atoms with Crippen molar-refractivity contribution in [2.24, 2.45) is 0 Å². The van der Waals surface area contributed by atoms with Crippen molar-refractivity contribution < 1.29 is 33.6 Å². The van der Waals surface area contributed by atoms with E-state index in [0.29, 0.717) is 0 Å². The number of aromatic nitrogens is 4. The van der Waals surface area contributed by atoms with Gasteiger partial charge < -0.3 is 28.8 Å². The van der Waals surface area contributed by atoms with Crippen molar-refractivity contribution >= 4 is 5.97 Å². The van der Waals surface area contributed by atoms with Gasteiger partial charge >= 0.3 is 18.0 Å². The molecule has 0 atom stereocenters. The monoisotopic (exact) mass is 416 g/mol. The third kappa shape index (κ3) is 4.55. The molecule has 156 valence electrons. The van der Waals surface area contributed by atoms with E-state index in [1.165, 1.54) is 45.6 Å². The van der Waals surface area contributed by atoms with Crippen molar-refractivity contribution in [3.05, 3.63) is 46.2 Å². The Morgan fingerprint density at radius 3 is 2.03 bits per heavy atom. The van der Waals surface area contributed by atoms with Crippen LogP contribution in [-0.2, 0) is 0 Å². The topological polar surface area (TPSA) is 155 Å². The number of nitrogens with zero attached hydrogens (tertiary/aromatic N) is 3. The number of benzene rings is 1. The number of carbonyl (C=O) groups is 1. The lowest BCUT2D eigenvalue weighted by molar-refractivity contribution is 0.0691. The maximum Gasteiger partial charge on any atom is 0.343 e. The van der Waals surface area contributed by atoms with Gasteiger partial charge in [-0.3, -0.25) is 9.78 Å². The van der Waals surface area contributed by atoms with E-state index in [4.69, 9.17) is 23.7 Å². The molecule has 3 aromatic rings. The Bertz CT molecular complexity index is 1110. The molecule has 0 aliphatic heterocycles. The molecular weight excluding hydrogens is 400 g/mol. The van der Waals surface area contributed by atoms with Crippen molar-refractivity contribution in [3.63, 3.8) is 0 Å². The molecule has 0 spiro atoms. The second-order valence-corrected chi connectivity index (χ2v) is 5.47. The molecule has 0 saturated heterocycles. The number of aromatic carboxylic acids is 1. The minimum Gasteiger partial charge on any atom is -0.481 e. The second-order valence-electron chi connectivity index (χ2n) is 5.47. The van der Waals surface area contributed by atoms with E-state index >= 15 is 0 Å². The van der Waals surface area contributed by atoms with Crippen molar-refractivity contribution in [1.29, 1.82) is 0 Å². The largest absolute Gasteiger partial charge is 0.481 e. The zero-order valence-corrected chi connectivity index (χ0v) is 16.0. The number of rotatable bonds is 8. The Hall–Kier alpha value is -4.35. The highest BCUT2D eigenvalue weighted by Gasteiger charge is 2.21. The fourth-order valence-electron chi connectivity index (χ4n) is 2.30. The number of carboxylic acid groups (broad SMARTS) is 1. The van der Waals surface area contributed by atoms with E-state index in [1.807, 2.05) is 0 Å². The number of carboxylic acids is 1. The lowest BCUT2D eigenvalue weighted by Crippen LogP contribution is -2.10. The van der Waals surface area contributed by atoms with Crippen LogP contribution in [-0.4, -0.2) is 52.3 Å². The summed E-state index contributed by atoms with van der Waals surface area (Å²) in [6.45, 7) is 0. The van der Waals surface area contributed by atoms with Crippen LogP contribution in [0.5, 0.6) is 41.2 Å². The fourth-order valence-corrected chi connectivity index (χ4v) is 2.30. The number of H-pyrrole nitrogens is 1. The zero-order valence-electron chi connectivity index (χ0n) is 16.0. The molecule has 12 heteroatoms. The molecule has 0 unspecified atom stereocenters. The standard InChI is InChI=1S/C18H16N4O8/c1-26-12-7-11(23)19-17(20-12)29-9-5-4-6-10(15(9)16(24)25)30-18-21-13(27-2)8-14(22-18)28-3/h4-8H,1-3H3,(H,24,25)(H,19,20,23). The first-order chi connectivity index (χ1) is 14.4. The van der Waals surface area contributed by atoms with E-state index < -0.39 is 11.5 Å². The van der Waals surface area contributed by atoms with Crippen LogP contribution in [0.15, 0.2) is 35.1 Å². The summed E-state index contributed by atoms with van der Waals surface area (Å²) in [6, 6.07) is 6.29. The van der Waals surface area contributed by atoms with Crippen LogP contribution >= 0.6 is 0 Å². The zero-order chi connectivity index (χ0) is 21.7. The van der Waals surface area contributed by atoms with Crippen LogP contribution in [0.1, 0.15) is 10.4 Å². The van der Waals surface area contributed by atoms with Crippen LogP contribution in [0.3, 0.4) is 0 Å². The van der Waals surface area contributed by atoms with Crippen LogP contribution in [0.4, 0.5) is 0 Å². The fraction of sp³-hybridized carbons (Fsp3) is 0.167. The summed E-state index contributed by atoms with van der Waals surface area (Å²) >= 11 is 0. The first kappa shape index (κ1) is 20.4. The molecule has 2 N–H and O–H groups in total. The van der Waals surface area contributed by atoms with Crippen LogP contribution in [0.2, 0.25) is 0 Å². The molecule has 0 amide bonds. The van der Waals surface area contributed by atoms with Gasteiger partial charge in [0.1, 0.15) is 17.1 Å². The van der Waals surface area contributed by atoms with Gasteiger partial charge in [-0.2, -0.15) is 15.0 Å². The Balaban J connectivity index is 2.01. The van der Waals surface area contributed by atoms with Gasteiger partial charge in [0.2, 0.25) is 17.6 Å². The summed E-state index contributed by atoms with van der Waals surface area (Å²) in [5.41, 5.74) is -0.897. The molecule has 0 radical (unpaired) electrons. The Morgan fingerprint density at radius 2 is 1.47 bits per heavy atom. The van der Waals surface area contributed by atoms with E-state index in [1.54, 1.807) is 0 Å². The minimum absolute atomic E-state index is 0.00472. The van der Waals surface area contributed by atoms with Gasteiger partial charge in [-0.1, -0.05) is 6.07 Å². The number of ether oxygens (including phenoxy) is 5. The Morgan fingerprint density at radius 1 is 0.900 bits per heavy atom. The van der Waals surface area contributed by atoms with Gasteiger partial charge in [0.15, 0.2) is 0 Å². The molecular formula is C18H16N4O8. The predicted octanol–water partition coefficient (Wildman–Crippen LogP) is 1.87. The van der Waals surface area contributed by atoms with Crippen molar-refractivity contribution in [3.8, 4) is 41.2 Å². The quantitative estimate of drug-likeness (QED) is 0.553. The number of methoxy groups -OCH3 is 3. The van der Waals surface area contributed by atoms with Crippen LogP contribution in [0, 0.1) is 0 Å². The minimum atomic E-state index is -1.36. The summed E-state index contributed by atoms with van der Waals surface area (Å²) in [5, 5.41) is 9.69. The maximum atomic E-state index is 11.9. The molecule has 0 fully saturated rings. The van der Waals surface area contributed by atoms with E-state index in [9.17, 15) is 14.7 Å². The molecule has 0 bridgehead atoms. The van der Waals surface area contributed by atoms with Gasteiger partial charge in [-0.25, -0.2) is 4.79 Å². The molecule has 2 heterocycles. The number of hydrogen-bond acceptors (Lipinski definition) is 10. The smallest absolute Gasteiger partial charge is 0.343 e. The third-order valence-corrected chi connectivity index (χ3v) is 3.59. The number of aromatic amines is 1. The van der Waals surface area contributed by atoms with Crippen molar-refractivity contribution in [2.75, 3.05) is 21.3 Å². The van der Waals surface area contributed by atoms with Gasteiger partial charge in [0.05, 0.1) is 33.5 Å². The normalized spacial score (nSPS) is 10.2. The maximum absolute atomic E-state index is 11.9. The Kier molecular flexibility index (Phi) is 5.96. The molecule has 0 aliphatic rings. The van der Waals surface area contributed by atoms with E-state index in [-0.39, 0.29) is 46.7 Å². The summed E-state index contributed by atoms with van der Waals surface area (Å²) in [5.74, 6) is -1.33. The molecule has 12 nitrogen and oxygen atoms in total. The summed E-state index contributed by atoms with van der Waals surface area (Å²) in [7, 11) is 4.11. The molecule has 0 saturated carbocycles. The molecule has 3 rings (SSSR count). The summed E-state index contributed by atoms with van der Waals surface area (Å²) < 4.78 is 26.0. The van der Waals surface area contributed by atoms with Gasteiger partial charge in [-0.05, 0) is 12.1 Å². The SMILES string of the molecule is COc1cc(OC)nc(Oc2cccc(Oc3nc(OC)cc(=O)[nH]3)c2C(=O)O)n1. The predicted molar refractivity (Wildman–Crippen MR) is 100 cm³/mol. The number of nitrogens with one attached hydrogen (secondary N) is 1. The average Bonchev–Trinajstić information content (AvgIpc) is 2.72. The lowest BCUT2D eigenvalue weighted by atomic mass is 10.2. The van der Waals surface area contributed by atoms with Crippen LogP contribution in [0.25, 0.3) is 0 Å². The third-order valence-electron chi connectivity index (χ3n) is 3.59. The van der Waals surface area contributed by atoms with Gasteiger partial charge in [0.25, 0.3) is 5.56 Å². The molecule has 30 heavy (non-hydrogen) atoms. The van der Waals surface area contributed by atoms with Crippen molar-refractivity contribution in [2.45, 2.75) is 0 Å². The highest BCUT2D eigenvalue weighted by Crippen LogP contribution is 2.34. The second kappa shape index (κ2) is 8.77. The van der Waals surface area contributed by atoms with E-state index in [2.05, 4.69) is 19.9 Å². The molecule has 0 aliphatic carbocycles. The van der Waals surface area contributed by atoms with Crippen LogP contribution < -0.4 is 29.2 Å². The summed E-state index contributed by atoms with van der Waals surface area (Å²) in [4.78, 5) is 37.8. The molecule has 2 aromatic heterocycles. The van der Waals surface area contributed by atoms with Gasteiger partial charge in [0, 0.05) is 0 Å².